The Labute approximate surface area is 114 Å². The first-order valence-electron chi connectivity index (χ1n) is 5.65. The largest absolute Gasteiger partial charge is 0.479 e. The van der Waals surface area contributed by atoms with Crippen molar-refractivity contribution in [2.24, 2.45) is 0 Å². The number of carboxylic acid groups (broad SMARTS) is 1. The van der Waals surface area contributed by atoms with Gasteiger partial charge in [-0.15, -0.1) is 11.3 Å². The third kappa shape index (κ3) is 4.49. The number of amides is 2. The molecular weight excluding hydrogens is 270 g/mol. The molecule has 0 aliphatic heterocycles. The van der Waals surface area contributed by atoms with Gasteiger partial charge in [-0.25, -0.2) is 14.6 Å². The molecule has 7 nitrogen and oxygen atoms in total. The molecule has 0 spiro atoms. The quantitative estimate of drug-likeness (QED) is 0.635. The van der Waals surface area contributed by atoms with E-state index in [0.29, 0.717) is 0 Å². The fraction of sp³-hybridized carbons (Fsp3) is 0.545. The maximum atomic E-state index is 11.6. The highest BCUT2D eigenvalue weighted by Crippen LogP contribution is 2.18. The molecule has 19 heavy (non-hydrogen) atoms. The van der Waals surface area contributed by atoms with E-state index in [1.165, 1.54) is 11.3 Å². The molecule has 0 aromatic carbocycles. The Morgan fingerprint density at radius 3 is 2.68 bits per heavy atom. The van der Waals surface area contributed by atoms with Crippen molar-refractivity contribution < 1.29 is 19.8 Å². The number of nitrogens with one attached hydrogen (secondary N) is 2. The minimum absolute atomic E-state index is 0.284. The van der Waals surface area contributed by atoms with E-state index in [2.05, 4.69) is 15.6 Å². The molecular formula is C11H17N3O4S. The number of nitrogens with zero attached hydrogens (tertiary/aromatic N) is 1. The van der Waals surface area contributed by atoms with Crippen molar-refractivity contribution in [3.8, 4) is 0 Å². The molecule has 1 aromatic rings. The summed E-state index contributed by atoms with van der Waals surface area (Å²) in [6, 6.07) is -0.838. The molecule has 0 aliphatic carbocycles. The lowest BCUT2D eigenvalue weighted by Gasteiger charge is -2.19. The van der Waals surface area contributed by atoms with Gasteiger partial charge in [0.05, 0.1) is 12.6 Å². The zero-order valence-electron chi connectivity index (χ0n) is 10.9. The second-order valence-electron chi connectivity index (χ2n) is 4.44. The number of thiazole rings is 1. The molecule has 0 aliphatic rings. The van der Waals surface area contributed by atoms with Crippen LogP contribution in [0.25, 0.3) is 0 Å². The van der Waals surface area contributed by atoms with Crippen molar-refractivity contribution in [3.63, 3.8) is 0 Å². The fourth-order valence-corrected chi connectivity index (χ4v) is 1.99. The summed E-state index contributed by atoms with van der Waals surface area (Å²) in [6.45, 7) is 4.42. The molecule has 0 saturated carbocycles. The molecule has 1 heterocycles. The zero-order chi connectivity index (χ0) is 14.6. The number of carbonyl (C=O) groups excluding carboxylic acids is 1. The van der Waals surface area contributed by atoms with Crippen LogP contribution in [-0.4, -0.2) is 39.3 Å². The number of aliphatic hydroxyl groups is 1. The average Bonchev–Trinajstić information content (AvgIpc) is 2.73. The van der Waals surface area contributed by atoms with E-state index in [1.54, 1.807) is 13.1 Å². The summed E-state index contributed by atoms with van der Waals surface area (Å²) < 4.78 is 0. The molecule has 106 valence electrons. The number of hydrogen-bond acceptors (Lipinski definition) is 5. The molecule has 0 fully saturated rings. The topological polar surface area (TPSA) is 112 Å². The molecule has 2 amide bonds. The van der Waals surface area contributed by atoms with E-state index in [-0.39, 0.29) is 12.6 Å². The molecule has 0 bridgehead atoms. The van der Waals surface area contributed by atoms with Gasteiger partial charge in [-0.3, -0.25) is 0 Å². The lowest BCUT2D eigenvalue weighted by Crippen LogP contribution is -2.49. The Kier molecular flexibility index (Phi) is 4.84. The van der Waals surface area contributed by atoms with Gasteiger partial charge >= 0.3 is 12.0 Å². The summed E-state index contributed by atoms with van der Waals surface area (Å²) in [7, 11) is 0. The lowest BCUT2D eigenvalue weighted by atomic mass is 10.1. The van der Waals surface area contributed by atoms with Crippen molar-refractivity contribution in [1.82, 2.24) is 15.6 Å². The Morgan fingerprint density at radius 2 is 2.21 bits per heavy atom. The SMILES string of the molecule is Cc1cnc(C(C)NC(=O)NCC(C)(O)C(=O)O)s1. The summed E-state index contributed by atoms with van der Waals surface area (Å²) in [5.74, 6) is -1.39. The Bertz CT molecular complexity index is 472. The van der Waals surface area contributed by atoms with E-state index in [9.17, 15) is 14.7 Å². The minimum atomic E-state index is -1.99. The first-order chi connectivity index (χ1) is 8.72. The first-order valence-corrected chi connectivity index (χ1v) is 6.46. The van der Waals surface area contributed by atoms with Gasteiger partial charge in [-0.05, 0) is 20.8 Å². The highest BCUT2D eigenvalue weighted by molar-refractivity contribution is 7.11. The number of carboxylic acids is 1. The number of aliphatic carboxylic acids is 1. The van der Waals surface area contributed by atoms with Crippen molar-refractivity contribution in [2.75, 3.05) is 6.54 Å². The van der Waals surface area contributed by atoms with Crippen molar-refractivity contribution in [1.29, 1.82) is 0 Å². The molecule has 1 rings (SSSR count). The van der Waals surface area contributed by atoms with Crippen molar-refractivity contribution in [3.05, 3.63) is 16.1 Å². The second-order valence-corrected chi connectivity index (χ2v) is 5.70. The van der Waals surface area contributed by atoms with Crippen LogP contribution < -0.4 is 10.6 Å². The lowest BCUT2D eigenvalue weighted by molar-refractivity contribution is -0.155. The van der Waals surface area contributed by atoms with Crippen molar-refractivity contribution >= 4 is 23.3 Å². The highest BCUT2D eigenvalue weighted by atomic mass is 32.1. The van der Waals surface area contributed by atoms with Crippen LogP contribution in [0.3, 0.4) is 0 Å². The predicted octanol–water partition coefficient (Wildman–Crippen LogP) is 0.647. The van der Waals surface area contributed by atoms with Crippen LogP contribution in [0.4, 0.5) is 4.79 Å². The van der Waals surface area contributed by atoms with Crippen LogP contribution >= 0.6 is 11.3 Å². The van der Waals surface area contributed by atoms with Crippen LogP contribution in [0.1, 0.15) is 29.8 Å². The van der Waals surface area contributed by atoms with Crippen LogP contribution in [0.15, 0.2) is 6.20 Å². The smallest absolute Gasteiger partial charge is 0.337 e. The maximum absolute atomic E-state index is 11.6. The highest BCUT2D eigenvalue weighted by Gasteiger charge is 2.30. The Balaban J connectivity index is 2.46. The Hall–Kier alpha value is -1.67. The van der Waals surface area contributed by atoms with Crippen LogP contribution in [0.5, 0.6) is 0 Å². The van der Waals surface area contributed by atoms with E-state index < -0.39 is 17.6 Å². The monoisotopic (exact) mass is 287 g/mol. The number of rotatable bonds is 5. The Morgan fingerprint density at radius 1 is 1.58 bits per heavy atom. The van der Waals surface area contributed by atoms with Crippen molar-refractivity contribution in [2.45, 2.75) is 32.4 Å². The summed E-state index contributed by atoms with van der Waals surface area (Å²) >= 11 is 1.47. The standard InChI is InChI=1S/C11H17N3O4S/c1-6-4-12-8(19-6)7(2)14-10(17)13-5-11(3,18)9(15)16/h4,7,18H,5H2,1-3H3,(H,15,16)(H2,13,14,17). The van der Waals surface area contributed by atoms with Crippen LogP contribution in [0.2, 0.25) is 0 Å². The summed E-state index contributed by atoms with van der Waals surface area (Å²) in [5, 5.41) is 23.8. The number of aryl methyl sites for hydroxylation is 1. The molecule has 0 saturated heterocycles. The minimum Gasteiger partial charge on any atom is -0.479 e. The average molecular weight is 287 g/mol. The van der Waals surface area contributed by atoms with Gasteiger partial charge in [0.15, 0.2) is 5.60 Å². The van der Waals surface area contributed by atoms with E-state index in [4.69, 9.17) is 5.11 Å². The van der Waals surface area contributed by atoms with Gasteiger partial charge in [0, 0.05) is 11.1 Å². The van der Waals surface area contributed by atoms with E-state index in [0.717, 1.165) is 16.8 Å². The van der Waals surface area contributed by atoms with E-state index in [1.807, 2.05) is 6.92 Å². The number of aromatic nitrogens is 1. The summed E-state index contributed by atoms with van der Waals surface area (Å²) in [5.41, 5.74) is -1.99. The van der Waals surface area contributed by atoms with Gasteiger partial charge in [-0.2, -0.15) is 0 Å². The summed E-state index contributed by atoms with van der Waals surface area (Å²) in [4.78, 5) is 27.4. The summed E-state index contributed by atoms with van der Waals surface area (Å²) in [6.07, 6.45) is 1.71. The molecule has 1 aromatic heterocycles. The third-order valence-electron chi connectivity index (χ3n) is 2.41. The molecule has 8 heteroatoms. The zero-order valence-corrected chi connectivity index (χ0v) is 11.7. The normalized spacial score (nSPS) is 15.4. The van der Waals surface area contributed by atoms with E-state index >= 15 is 0 Å². The maximum Gasteiger partial charge on any atom is 0.337 e. The molecule has 4 N–H and O–H groups in total. The second kappa shape index (κ2) is 5.98. The van der Waals surface area contributed by atoms with Crippen LogP contribution in [-0.2, 0) is 4.79 Å². The predicted molar refractivity (Wildman–Crippen MR) is 70.1 cm³/mol. The third-order valence-corrected chi connectivity index (χ3v) is 3.51. The van der Waals surface area contributed by atoms with Gasteiger partial charge in [0.2, 0.25) is 0 Å². The van der Waals surface area contributed by atoms with Gasteiger partial charge in [0.1, 0.15) is 5.01 Å². The number of urea groups is 1. The van der Waals surface area contributed by atoms with Gasteiger partial charge < -0.3 is 20.8 Å². The fourth-order valence-electron chi connectivity index (χ4n) is 1.21. The number of carbonyl (C=O) groups is 2. The first kappa shape index (κ1) is 15.4. The molecule has 2 atom stereocenters. The van der Waals surface area contributed by atoms with Gasteiger partial charge in [-0.1, -0.05) is 0 Å². The molecule has 0 radical (unpaired) electrons. The van der Waals surface area contributed by atoms with Gasteiger partial charge in [0.25, 0.3) is 0 Å². The number of hydrogen-bond donors (Lipinski definition) is 4. The molecule has 2 unspecified atom stereocenters. The van der Waals surface area contributed by atoms with Crippen LogP contribution in [0, 0.1) is 6.92 Å².